The Morgan fingerprint density at radius 3 is 2.93 bits per heavy atom. The second-order valence-electron chi connectivity index (χ2n) is 7.46. The SMILES string of the molecule is COc1ccc(OC)c(-c2cn3c(CC(=O)NCCC4=CCCCC4)csc3n2)c1. The van der Waals surface area contributed by atoms with Crippen LogP contribution < -0.4 is 14.8 Å². The Balaban J connectivity index is 1.45. The number of aromatic nitrogens is 2. The van der Waals surface area contributed by atoms with Crippen LogP contribution in [0.1, 0.15) is 37.8 Å². The van der Waals surface area contributed by atoms with Crippen molar-refractivity contribution in [3.05, 3.63) is 47.1 Å². The zero-order valence-corrected chi connectivity index (χ0v) is 18.3. The highest BCUT2D eigenvalue weighted by molar-refractivity contribution is 7.15. The predicted molar refractivity (Wildman–Crippen MR) is 119 cm³/mol. The number of carbonyl (C=O) groups excluding carboxylic acids is 1. The fourth-order valence-electron chi connectivity index (χ4n) is 3.82. The molecule has 0 atom stereocenters. The summed E-state index contributed by atoms with van der Waals surface area (Å²) in [6, 6.07) is 5.65. The summed E-state index contributed by atoms with van der Waals surface area (Å²) in [6.45, 7) is 0.703. The molecular weight excluding hydrogens is 398 g/mol. The fourth-order valence-corrected chi connectivity index (χ4v) is 4.69. The average Bonchev–Trinajstić information content (AvgIpc) is 3.36. The maximum absolute atomic E-state index is 12.5. The van der Waals surface area contributed by atoms with Gasteiger partial charge in [0.1, 0.15) is 11.5 Å². The third-order valence-corrected chi connectivity index (χ3v) is 6.35. The quantitative estimate of drug-likeness (QED) is 0.535. The first-order valence-corrected chi connectivity index (χ1v) is 11.2. The number of allylic oxidation sites excluding steroid dienone is 1. The van der Waals surface area contributed by atoms with Gasteiger partial charge >= 0.3 is 0 Å². The highest BCUT2D eigenvalue weighted by atomic mass is 32.1. The molecule has 1 amide bonds. The summed E-state index contributed by atoms with van der Waals surface area (Å²) in [4.78, 5) is 18.0. The van der Waals surface area contributed by atoms with Crippen LogP contribution in [0.5, 0.6) is 11.5 Å². The Bertz CT molecular complexity index is 1070. The molecule has 158 valence electrons. The van der Waals surface area contributed by atoms with Gasteiger partial charge in [-0.1, -0.05) is 11.6 Å². The van der Waals surface area contributed by atoms with E-state index in [9.17, 15) is 4.79 Å². The van der Waals surface area contributed by atoms with Crippen LogP contribution in [0.25, 0.3) is 16.2 Å². The van der Waals surface area contributed by atoms with Crippen molar-refractivity contribution in [3.8, 4) is 22.8 Å². The Morgan fingerprint density at radius 2 is 2.17 bits per heavy atom. The summed E-state index contributed by atoms with van der Waals surface area (Å²) >= 11 is 1.53. The van der Waals surface area contributed by atoms with E-state index in [-0.39, 0.29) is 5.91 Å². The molecule has 3 aromatic rings. The molecule has 0 saturated carbocycles. The van der Waals surface area contributed by atoms with Gasteiger partial charge in [-0.2, -0.15) is 0 Å². The second-order valence-corrected chi connectivity index (χ2v) is 8.29. The number of methoxy groups -OCH3 is 2. The lowest BCUT2D eigenvalue weighted by Crippen LogP contribution is -2.26. The molecule has 6 nitrogen and oxygen atoms in total. The Morgan fingerprint density at radius 1 is 1.27 bits per heavy atom. The molecule has 1 aliphatic carbocycles. The normalized spacial score (nSPS) is 13.9. The maximum atomic E-state index is 12.5. The van der Waals surface area contributed by atoms with Crippen molar-refractivity contribution in [1.29, 1.82) is 0 Å². The summed E-state index contributed by atoms with van der Waals surface area (Å²) in [5.41, 5.74) is 4.07. The van der Waals surface area contributed by atoms with E-state index in [1.165, 1.54) is 42.6 Å². The lowest BCUT2D eigenvalue weighted by Gasteiger charge is -2.12. The number of imidazole rings is 1. The highest BCUT2D eigenvalue weighted by Gasteiger charge is 2.16. The molecule has 2 heterocycles. The summed E-state index contributed by atoms with van der Waals surface area (Å²) in [5.74, 6) is 1.52. The number of ether oxygens (including phenoxy) is 2. The first kappa shape index (κ1) is 20.5. The number of hydrogen-bond acceptors (Lipinski definition) is 5. The van der Waals surface area contributed by atoms with Gasteiger partial charge in [-0.05, 0) is 50.3 Å². The number of fused-ring (bicyclic) bond motifs is 1. The van der Waals surface area contributed by atoms with E-state index in [1.807, 2.05) is 34.2 Å². The fraction of sp³-hybridized carbons (Fsp3) is 0.391. The van der Waals surface area contributed by atoms with Gasteiger partial charge in [0.05, 0.1) is 26.3 Å². The van der Waals surface area contributed by atoms with Crippen molar-refractivity contribution in [2.24, 2.45) is 0 Å². The zero-order valence-electron chi connectivity index (χ0n) is 17.4. The molecule has 7 heteroatoms. The summed E-state index contributed by atoms with van der Waals surface area (Å²) in [6.07, 6.45) is 10.5. The lowest BCUT2D eigenvalue weighted by atomic mass is 9.97. The number of carbonyl (C=O) groups is 1. The molecular formula is C23H27N3O3S. The molecule has 2 aromatic heterocycles. The molecule has 0 radical (unpaired) electrons. The molecule has 30 heavy (non-hydrogen) atoms. The van der Waals surface area contributed by atoms with Crippen LogP contribution in [0.15, 0.2) is 41.4 Å². The lowest BCUT2D eigenvalue weighted by molar-refractivity contribution is -0.120. The maximum Gasteiger partial charge on any atom is 0.225 e. The predicted octanol–water partition coefficient (Wildman–Crippen LogP) is 4.63. The largest absolute Gasteiger partial charge is 0.497 e. The first-order valence-electron chi connectivity index (χ1n) is 10.3. The van der Waals surface area contributed by atoms with Crippen molar-refractivity contribution in [2.75, 3.05) is 20.8 Å². The van der Waals surface area contributed by atoms with E-state index >= 15 is 0 Å². The van der Waals surface area contributed by atoms with Gasteiger partial charge in [0.25, 0.3) is 0 Å². The molecule has 0 fully saturated rings. The van der Waals surface area contributed by atoms with Gasteiger partial charge in [0.15, 0.2) is 4.96 Å². The Kier molecular flexibility index (Phi) is 6.38. The molecule has 4 rings (SSSR count). The monoisotopic (exact) mass is 425 g/mol. The van der Waals surface area contributed by atoms with Gasteiger partial charge in [-0.3, -0.25) is 9.20 Å². The van der Waals surface area contributed by atoms with Gasteiger partial charge in [-0.15, -0.1) is 11.3 Å². The summed E-state index contributed by atoms with van der Waals surface area (Å²) < 4.78 is 12.8. The Hall–Kier alpha value is -2.80. The van der Waals surface area contributed by atoms with Crippen molar-refractivity contribution in [3.63, 3.8) is 0 Å². The first-order chi connectivity index (χ1) is 14.7. The van der Waals surface area contributed by atoms with E-state index in [0.29, 0.717) is 13.0 Å². The van der Waals surface area contributed by atoms with Crippen LogP contribution in [-0.2, 0) is 11.2 Å². The molecule has 0 unspecified atom stereocenters. The van der Waals surface area contributed by atoms with Crippen molar-refractivity contribution < 1.29 is 14.3 Å². The third kappa shape index (κ3) is 4.51. The second kappa shape index (κ2) is 9.34. The van der Waals surface area contributed by atoms with Crippen LogP contribution in [0.2, 0.25) is 0 Å². The smallest absolute Gasteiger partial charge is 0.225 e. The van der Waals surface area contributed by atoms with E-state index < -0.39 is 0 Å². The number of nitrogens with zero attached hydrogens (tertiary/aromatic N) is 2. The number of hydrogen-bond donors (Lipinski definition) is 1. The topological polar surface area (TPSA) is 64.9 Å². The van der Waals surface area contributed by atoms with Crippen LogP contribution in [0, 0.1) is 0 Å². The number of rotatable bonds is 8. The van der Waals surface area contributed by atoms with E-state index in [0.717, 1.165) is 39.8 Å². The van der Waals surface area contributed by atoms with Gasteiger partial charge in [0.2, 0.25) is 5.91 Å². The van der Waals surface area contributed by atoms with Crippen LogP contribution >= 0.6 is 11.3 Å². The zero-order chi connectivity index (χ0) is 20.9. The van der Waals surface area contributed by atoms with E-state index in [2.05, 4.69) is 11.4 Å². The highest BCUT2D eigenvalue weighted by Crippen LogP contribution is 2.34. The van der Waals surface area contributed by atoms with Gasteiger partial charge in [-0.25, -0.2) is 4.98 Å². The Labute approximate surface area is 180 Å². The molecule has 0 spiro atoms. The van der Waals surface area contributed by atoms with Crippen LogP contribution in [0.4, 0.5) is 0 Å². The average molecular weight is 426 g/mol. The standard InChI is InChI=1S/C23H27N3O3S/c1-28-18-8-9-21(29-2)19(13-18)20-14-26-17(15-30-23(26)25-20)12-22(27)24-11-10-16-6-4-3-5-7-16/h6,8-9,13-15H,3-5,7,10-12H2,1-2H3,(H,24,27). The molecule has 0 bridgehead atoms. The van der Waals surface area contributed by atoms with E-state index in [1.54, 1.807) is 14.2 Å². The summed E-state index contributed by atoms with van der Waals surface area (Å²) in [5, 5.41) is 5.06. The molecule has 1 aromatic carbocycles. The number of benzene rings is 1. The molecule has 0 aliphatic heterocycles. The van der Waals surface area contributed by atoms with Crippen molar-refractivity contribution in [1.82, 2.24) is 14.7 Å². The number of amides is 1. The molecule has 0 saturated heterocycles. The summed E-state index contributed by atoms with van der Waals surface area (Å²) in [7, 11) is 3.28. The van der Waals surface area contributed by atoms with Gasteiger partial charge in [0, 0.05) is 29.4 Å². The molecule has 1 N–H and O–H groups in total. The minimum atomic E-state index is 0.0420. The van der Waals surface area contributed by atoms with Crippen molar-refractivity contribution >= 4 is 22.2 Å². The van der Waals surface area contributed by atoms with Crippen LogP contribution in [0.3, 0.4) is 0 Å². The van der Waals surface area contributed by atoms with Crippen LogP contribution in [-0.4, -0.2) is 36.1 Å². The number of nitrogens with one attached hydrogen (secondary N) is 1. The third-order valence-electron chi connectivity index (χ3n) is 5.46. The minimum Gasteiger partial charge on any atom is -0.497 e. The molecule has 1 aliphatic rings. The van der Waals surface area contributed by atoms with Crippen molar-refractivity contribution in [2.45, 2.75) is 38.5 Å². The van der Waals surface area contributed by atoms with Gasteiger partial charge < -0.3 is 14.8 Å². The number of thiazole rings is 1. The van der Waals surface area contributed by atoms with E-state index in [4.69, 9.17) is 14.5 Å². The minimum absolute atomic E-state index is 0.0420.